The van der Waals surface area contributed by atoms with Gasteiger partial charge in [-0.05, 0) is 31.5 Å². The summed E-state index contributed by atoms with van der Waals surface area (Å²) in [7, 11) is 0. The summed E-state index contributed by atoms with van der Waals surface area (Å²) in [5.41, 5.74) is 4.41. The molecule has 1 aliphatic heterocycles. The van der Waals surface area contributed by atoms with E-state index < -0.39 is 0 Å². The summed E-state index contributed by atoms with van der Waals surface area (Å²) in [6.07, 6.45) is 2.24. The minimum Gasteiger partial charge on any atom is -0.360 e. The summed E-state index contributed by atoms with van der Waals surface area (Å²) in [4.78, 5) is 26.8. The molecule has 198 valence electrons. The number of carbonyl (C=O) groups is 1. The molecule has 4 heterocycles. The Kier molecular flexibility index (Phi) is 6.70. The quantitative estimate of drug-likeness (QED) is 0.289. The number of anilines is 1. The maximum absolute atomic E-state index is 13.8. The first-order valence-electron chi connectivity index (χ1n) is 12.6. The van der Waals surface area contributed by atoms with E-state index in [2.05, 4.69) is 37.3 Å². The molecular weight excluding hydrogens is 537 g/mol. The Hall–Kier alpha value is -3.95. The number of piperazine rings is 1. The van der Waals surface area contributed by atoms with Crippen molar-refractivity contribution >= 4 is 40.7 Å². The van der Waals surface area contributed by atoms with E-state index in [1.54, 1.807) is 29.6 Å². The molecule has 39 heavy (non-hydrogen) atoms. The molecule has 2 aromatic carbocycles. The maximum Gasteiger partial charge on any atom is 0.259 e. The Morgan fingerprint density at radius 2 is 1.69 bits per heavy atom. The predicted octanol–water partition coefficient (Wildman–Crippen LogP) is 5.26. The van der Waals surface area contributed by atoms with Gasteiger partial charge in [-0.3, -0.25) is 4.79 Å². The van der Waals surface area contributed by atoms with E-state index in [1.165, 1.54) is 11.9 Å². The lowest BCUT2D eigenvalue weighted by Gasteiger charge is -2.37. The van der Waals surface area contributed by atoms with Crippen LogP contribution in [0.15, 0.2) is 59.4 Å². The molecule has 1 amide bonds. The Labute approximate surface area is 235 Å². The highest BCUT2D eigenvalue weighted by atomic mass is 35.5. The monoisotopic (exact) mass is 561 g/mol. The largest absolute Gasteiger partial charge is 0.360 e. The molecule has 11 heteroatoms. The zero-order chi connectivity index (χ0) is 27.1. The van der Waals surface area contributed by atoms with Crippen LogP contribution in [0.25, 0.3) is 17.0 Å². The van der Waals surface area contributed by atoms with Gasteiger partial charge in [-0.25, -0.2) is 4.98 Å². The van der Waals surface area contributed by atoms with E-state index in [0.717, 1.165) is 17.1 Å². The molecule has 0 unspecified atom stereocenters. The highest BCUT2D eigenvalue weighted by Crippen LogP contribution is 2.37. The van der Waals surface area contributed by atoms with Gasteiger partial charge < -0.3 is 14.3 Å². The molecule has 3 aromatic heterocycles. The lowest BCUT2D eigenvalue weighted by molar-refractivity contribution is 0.0745. The molecule has 0 saturated carbocycles. The third-order valence-corrected chi connectivity index (χ3v) is 7.70. The topological polar surface area (TPSA) is 92.7 Å². The van der Waals surface area contributed by atoms with Gasteiger partial charge in [-0.1, -0.05) is 64.8 Å². The number of carbonyl (C=O) groups excluding carboxylic acids is 1. The number of aryl methyl sites for hydroxylation is 2. The maximum atomic E-state index is 13.8. The average molecular weight is 562 g/mol. The number of amides is 1. The molecule has 0 radical (unpaired) electrons. The van der Waals surface area contributed by atoms with E-state index in [-0.39, 0.29) is 5.91 Å². The van der Waals surface area contributed by atoms with Gasteiger partial charge in [-0.2, -0.15) is 14.6 Å². The van der Waals surface area contributed by atoms with Crippen LogP contribution >= 0.6 is 23.2 Å². The van der Waals surface area contributed by atoms with Gasteiger partial charge in [0, 0.05) is 49.4 Å². The Morgan fingerprint density at radius 3 is 2.41 bits per heavy atom. The molecule has 1 aliphatic rings. The lowest BCUT2D eigenvalue weighted by atomic mass is 10.0. The number of hydrogen-bond donors (Lipinski definition) is 0. The molecule has 5 aromatic rings. The van der Waals surface area contributed by atoms with Crippen molar-refractivity contribution in [2.24, 2.45) is 0 Å². The van der Waals surface area contributed by atoms with Crippen molar-refractivity contribution in [1.29, 1.82) is 0 Å². The van der Waals surface area contributed by atoms with Gasteiger partial charge in [0.2, 0.25) is 0 Å². The molecule has 0 aliphatic carbocycles. The van der Waals surface area contributed by atoms with Crippen LogP contribution in [0.1, 0.15) is 32.9 Å². The number of aromatic nitrogens is 5. The molecular formula is C28H25Cl2N7O2. The van der Waals surface area contributed by atoms with Crippen LogP contribution in [0.4, 0.5) is 5.82 Å². The third-order valence-electron chi connectivity index (χ3n) is 7.07. The van der Waals surface area contributed by atoms with Gasteiger partial charge in [0.25, 0.3) is 11.7 Å². The van der Waals surface area contributed by atoms with Crippen LogP contribution in [0.2, 0.25) is 10.0 Å². The summed E-state index contributed by atoms with van der Waals surface area (Å²) in [6, 6.07) is 15.5. The zero-order valence-electron chi connectivity index (χ0n) is 21.4. The van der Waals surface area contributed by atoms with Gasteiger partial charge in [-0.15, -0.1) is 0 Å². The molecule has 0 N–H and O–H groups in total. The van der Waals surface area contributed by atoms with Gasteiger partial charge in [0.15, 0.2) is 0 Å². The minimum absolute atomic E-state index is 0.166. The molecule has 9 nitrogen and oxygen atoms in total. The fraction of sp³-hybridized carbons (Fsp3) is 0.250. The fourth-order valence-corrected chi connectivity index (χ4v) is 5.67. The van der Waals surface area contributed by atoms with Gasteiger partial charge >= 0.3 is 0 Å². The minimum atomic E-state index is -0.166. The van der Waals surface area contributed by atoms with Crippen molar-refractivity contribution in [3.05, 3.63) is 93.0 Å². The summed E-state index contributed by atoms with van der Waals surface area (Å²) in [5, 5.41) is 9.44. The van der Waals surface area contributed by atoms with Gasteiger partial charge in [0.05, 0.1) is 10.0 Å². The zero-order valence-corrected chi connectivity index (χ0v) is 22.9. The summed E-state index contributed by atoms with van der Waals surface area (Å²) in [6.45, 7) is 5.95. The van der Waals surface area contributed by atoms with Crippen molar-refractivity contribution < 1.29 is 9.32 Å². The Morgan fingerprint density at radius 1 is 0.974 bits per heavy atom. The number of rotatable bonds is 5. The smallest absolute Gasteiger partial charge is 0.259 e. The first-order valence-corrected chi connectivity index (χ1v) is 13.4. The van der Waals surface area contributed by atoms with Crippen molar-refractivity contribution in [1.82, 2.24) is 29.6 Å². The molecule has 1 saturated heterocycles. The van der Waals surface area contributed by atoms with E-state index in [0.29, 0.717) is 71.0 Å². The van der Waals surface area contributed by atoms with Crippen molar-refractivity contribution in [3.8, 4) is 11.3 Å². The number of halogens is 2. The van der Waals surface area contributed by atoms with E-state index in [4.69, 9.17) is 27.7 Å². The van der Waals surface area contributed by atoms with Crippen LogP contribution in [0.5, 0.6) is 0 Å². The molecule has 6 rings (SSSR count). The fourth-order valence-electron chi connectivity index (χ4n) is 5.10. The second-order valence-electron chi connectivity index (χ2n) is 9.47. The average Bonchev–Trinajstić information content (AvgIpc) is 3.55. The van der Waals surface area contributed by atoms with Crippen molar-refractivity contribution in [2.75, 3.05) is 31.1 Å². The summed E-state index contributed by atoms with van der Waals surface area (Å²) >= 11 is 12.9. The number of benzene rings is 2. The van der Waals surface area contributed by atoms with Gasteiger partial charge in [0.1, 0.15) is 29.2 Å². The second-order valence-corrected chi connectivity index (χ2v) is 10.3. The predicted molar refractivity (Wildman–Crippen MR) is 150 cm³/mol. The highest BCUT2D eigenvalue weighted by molar-refractivity contribution is 6.39. The lowest BCUT2D eigenvalue weighted by Crippen LogP contribution is -2.49. The van der Waals surface area contributed by atoms with E-state index >= 15 is 0 Å². The van der Waals surface area contributed by atoms with Crippen molar-refractivity contribution in [2.45, 2.75) is 20.3 Å². The number of fused-ring (bicyclic) bond motifs is 1. The normalized spacial score (nSPS) is 13.8. The molecule has 1 fully saturated rings. The van der Waals surface area contributed by atoms with Crippen LogP contribution in [0, 0.1) is 13.8 Å². The SMILES string of the molecule is Cc1nc2ncnn2c(N2CCN(C(=O)c3c(-c4c(Cl)cccc4Cl)noc3C)CC2)c1Cc1ccccc1. The molecule has 0 bridgehead atoms. The summed E-state index contributed by atoms with van der Waals surface area (Å²) in [5.74, 6) is 1.77. The first-order chi connectivity index (χ1) is 18.9. The Balaban J connectivity index is 1.29. The van der Waals surface area contributed by atoms with Crippen LogP contribution in [-0.2, 0) is 6.42 Å². The Bertz CT molecular complexity index is 1650. The van der Waals surface area contributed by atoms with E-state index in [9.17, 15) is 4.79 Å². The standard InChI is InChI=1S/C28H25Cl2N7O2/c1-17-20(15-19-7-4-3-5-8-19)26(37-28(33-17)31-16-32-37)35-11-13-36(14-12-35)27(38)23-18(2)39-34-25(23)24-21(29)9-6-10-22(24)30/h3-10,16H,11-15H2,1-2H3. The second kappa shape index (κ2) is 10.3. The number of hydrogen-bond acceptors (Lipinski definition) is 7. The van der Waals surface area contributed by atoms with Crippen molar-refractivity contribution in [3.63, 3.8) is 0 Å². The van der Waals surface area contributed by atoms with E-state index in [1.807, 2.05) is 30.0 Å². The molecule has 0 atom stereocenters. The third kappa shape index (κ3) is 4.62. The van der Waals surface area contributed by atoms with Crippen LogP contribution in [0.3, 0.4) is 0 Å². The number of nitrogens with zero attached hydrogens (tertiary/aromatic N) is 7. The first kappa shape index (κ1) is 25.3. The van der Waals surface area contributed by atoms with Crippen LogP contribution in [-0.4, -0.2) is 61.7 Å². The molecule has 0 spiro atoms. The summed E-state index contributed by atoms with van der Waals surface area (Å²) < 4.78 is 7.23. The highest BCUT2D eigenvalue weighted by Gasteiger charge is 2.31. The van der Waals surface area contributed by atoms with Crippen LogP contribution < -0.4 is 4.90 Å².